The van der Waals surface area contributed by atoms with Crippen LogP contribution in [0.25, 0.3) is 11.3 Å². The molecule has 0 spiro atoms. The van der Waals surface area contributed by atoms with Crippen LogP contribution in [0.1, 0.15) is 40.2 Å². The molecule has 4 aromatic rings. The van der Waals surface area contributed by atoms with Crippen LogP contribution >= 0.6 is 11.3 Å². The number of rotatable bonds is 7. The molecule has 7 nitrogen and oxygen atoms in total. The maximum atomic E-state index is 12.8. The maximum Gasteiger partial charge on any atom is 0.416 e. The van der Waals surface area contributed by atoms with Gasteiger partial charge in [0.25, 0.3) is 0 Å². The highest BCUT2D eigenvalue weighted by Gasteiger charge is 2.30. The predicted molar refractivity (Wildman–Crippen MR) is 117 cm³/mol. The molecule has 0 bridgehead atoms. The Balaban J connectivity index is 1.40. The van der Waals surface area contributed by atoms with Crippen molar-refractivity contribution in [2.24, 2.45) is 0 Å². The molecule has 33 heavy (non-hydrogen) atoms. The van der Waals surface area contributed by atoms with Crippen molar-refractivity contribution >= 4 is 27.9 Å². The summed E-state index contributed by atoms with van der Waals surface area (Å²) in [7, 11) is 0. The first-order chi connectivity index (χ1) is 15.8. The number of anilines is 2. The molecule has 4 rings (SSSR count). The number of nitrogens with zero attached hydrogens (tertiary/aromatic N) is 5. The molecule has 0 aliphatic rings. The summed E-state index contributed by atoms with van der Waals surface area (Å²) in [5.74, 6) is -0.273. The first-order valence-corrected chi connectivity index (χ1v) is 10.6. The summed E-state index contributed by atoms with van der Waals surface area (Å²) in [5, 5.41) is 3.52. The molecular formula is C22H17F3N6OS. The molecule has 0 aliphatic heterocycles. The Bertz CT molecular complexity index is 1240. The quantitative estimate of drug-likeness (QED) is 0.355. The topological polar surface area (TPSA) is 93.5 Å². The third-order valence-electron chi connectivity index (χ3n) is 4.77. The fourth-order valence-corrected chi connectivity index (χ4v) is 3.91. The number of halogens is 3. The summed E-state index contributed by atoms with van der Waals surface area (Å²) in [6, 6.07) is 6.33. The van der Waals surface area contributed by atoms with Gasteiger partial charge in [-0.2, -0.15) is 13.2 Å². The molecule has 0 radical (unpaired) electrons. The van der Waals surface area contributed by atoms with Gasteiger partial charge in [-0.15, -0.1) is 11.3 Å². The predicted octanol–water partition coefficient (Wildman–Crippen LogP) is 5.53. The second-order valence-electron chi connectivity index (χ2n) is 7.21. The van der Waals surface area contributed by atoms with E-state index in [0.717, 1.165) is 17.0 Å². The zero-order valence-electron chi connectivity index (χ0n) is 17.2. The number of thiazole rings is 1. The lowest BCUT2D eigenvalue weighted by Gasteiger charge is -2.09. The van der Waals surface area contributed by atoms with Crippen LogP contribution in [0.15, 0.2) is 61.6 Å². The molecule has 3 heterocycles. The van der Waals surface area contributed by atoms with Crippen LogP contribution in [0.3, 0.4) is 0 Å². The van der Waals surface area contributed by atoms with Crippen molar-refractivity contribution in [1.29, 1.82) is 0 Å². The van der Waals surface area contributed by atoms with Crippen molar-refractivity contribution < 1.29 is 18.0 Å². The number of hydrogen-bond acceptors (Lipinski definition) is 8. The smallest absolute Gasteiger partial charge is 0.332 e. The fourth-order valence-electron chi connectivity index (χ4n) is 3.02. The number of alkyl halides is 3. The maximum absolute atomic E-state index is 12.8. The molecule has 168 valence electrons. The number of carbonyl (C=O) groups excluding carboxylic acids is 1. The number of hydrogen-bond donors (Lipinski definition) is 1. The van der Waals surface area contributed by atoms with Gasteiger partial charge in [0, 0.05) is 41.1 Å². The minimum Gasteiger partial charge on any atom is -0.332 e. The summed E-state index contributed by atoms with van der Waals surface area (Å²) in [6.45, 7) is 1.90. The highest BCUT2D eigenvalue weighted by molar-refractivity contribution is 7.15. The van der Waals surface area contributed by atoms with Gasteiger partial charge in [-0.3, -0.25) is 4.79 Å². The van der Waals surface area contributed by atoms with E-state index in [9.17, 15) is 18.0 Å². The van der Waals surface area contributed by atoms with Crippen LogP contribution in [0.4, 0.5) is 24.0 Å². The SMILES string of the molecule is CC(CC(=O)c1cc(-c2cncnc2)ncn1)c1cnc(Nc2ccc(C(F)(F)F)cc2)s1. The molecule has 3 aromatic heterocycles. The van der Waals surface area contributed by atoms with Crippen molar-refractivity contribution in [2.45, 2.75) is 25.4 Å². The summed E-state index contributed by atoms with van der Waals surface area (Å²) in [4.78, 5) is 34.1. The van der Waals surface area contributed by atoms with E-state index in [1.165, 1.54) is 36.1 Å². The minimum absolute atomic E-state index is 0.128. The number of benzene rings is 1. The van der Waals surface area contributed by atoms with Gasteiger partial charge in [0.1, 0.15) is 18.3 Å². The molecule has 0 fully saturated rings. The van der Waals surface area contributed by atoms with Gasteiger partial charge in [-0.25, -0.2) is 24.9 Å². The largest absolute Gasteiger partial charge is 0.416 e. The lowest BCUT2D eigenvalue weighted by Crippen LogP contribution is -2.07. The first-order valence-electron chi connectivity index (χ1n) is 9.80. The van der Waals surface area contributed by atoms with E-state index < -0.39 is 11.7 Å². The molecule has 1 unspecified atom stereocenters. The van der Waals surface area contributed by atoms with Crippen molar-refractivity contribution in [1.82, 2.24) is 24.9 Å². The van der Waals surface area contributed by atoms with Gasteiger partial charge in [-0.05, 0) is 36.2 Å². The zero-order valence-corrected chi connectivity index (χ0v) is 18.1. The summed E-state index contributed by atoms with van der Waals surface area (Å²) >= 11 is 1.34. The van der Waals surface area contributed by atoms with Crippen molar-refractivity contribution in [3.05, 3.63) is 77.7 Å². The third-order valence-corrected chi connectivity index (χ3v) is 5.92. The highest BCUT2D eigenvalue weighted by Crippen LogP contribution is 2.33. The lowest BCUT2D eigenvalue weighted by molar-refractivity contribution is -0.137. The van der Waals surface area contributed by atoms with Crippen LogP contribution < -0.4 is 5.32 Å². The molecular weight excluding hydrogens is 453 g/mol. The average molecular weight is 470 g/mol. The fraction of sp³-hybridized carbons (Fsp3) is 0.182. The Morgan fingerprint density at radius 1 is 1.03 bits per heavy atom. The van der Waals surface area contributed by atoms with Crippen LogP contribution in [0.2, 0.25) is 0 Å². The van der Waals surface area contributed by atoms with Crippen molar-refractivity contribution in [3.8, 4) is 11.3 Å². The Kier molecular flexibility index (Phi) is 6.40. The monoisotopic (exact) mass is 470 g/mol. The standard InChI is InChI=1S/C22H17F3N6OS/c1-13(6-19(32)18-7-17(29-12-30-18)14-8-26-11-27-9-14)20-10-28-21(33-20)31-16-4-2-15(3-5-16)22(23,24)25/h2-5,7-13H,6H2,1H3,(H,28,31). The van der Waals surface area contributed by atoms with Gasteiger partial charge in [0.2, 0.25) is 0 Å². The summed E-state index contributed by atoms with van der Waals surface area (Å²) < 4.78 is 38.1. The minimum atomic E-state index is -4.38. The highest BCUT2D eigenvalue weighted by atomic mass is 32.1. The summed E-state index contributed by atoms with van der Waals surface area (Å²) in [6.07, 6.45) is 3.44. The van der Waals surface area contributed by atoms with E-state index in [1.807, 2.05) is 6.92 Å². The molecule has 0 amide bonds. The van der Waals surface area contributed by atoms with E-state index in [0.29, 0.717) is 27.8 Å². The number of aromatic nitrogens is 5. The Morgan fingerprint density at radius 2 is 1.76 bits per heavy atom. The molecule has 1 atom stereocenters. The molecule has 1 aromatic carbocycles. The van der Waals surface area contributed by atoms with Gasteiger partial charge in [0.05, 0.1) is 11.3 Å². The van der Waals surface area contributed by atoms with Crippen LogP contribution in [0, 0.1) is 0 Å². The number of carbonyl (C=O) groups is 1. The molecule has 1 N–H and O–H groups in total. The zero-order chi connectivity index (χ0) is 23.4. The number of ketones is 1. The van der Waals surface area contributed by atoms with E-state index in [2.05, 4.69) is 30.2 Å². The van der Waals surface area contributed by atoms with Crippen LogP contribution in [-0.4, -0.2) is 30.7 Å². The lowest BCUT2D eigenvalue weighted by atomic mass is 10.0. The van der Waals surface area contributed by atoms with E-state index in [4.69, 9.17) is 0 Å². The molecule has 11 heteroatoms. The first kappa shape index (κ1) is 22.5. The molecule has 0 saturated carbocycles. The molecule has 0 aliphatic carbocycles. The second kappa shape index (κ2) is 9.41. The summed E-state index contributed by atoms with van der Waals surface area (Å²) in [5.41, 5.74) is 1.31. The normalized spacial score (nSPS) is 12.4. The Hall–Kier alpha value is -3.73. The van der Waals surface area contributed by atoms with E-state index >= 15 is 0 Å². The Morgan fingerprint density at radius 3 is 2.45 bits per heavy atom. The second-order valence-corrected chi connectivity index (χ2v) is 8.27. The van der Waals surface area contributed by atoms with E-state index in [-0.39, 0.29) is 18.1 Å². The van der Waals surface area contributed by atoms with Gasteiger partial charge < -0.3 is 5.32 Å². The van der Waals surface area contributed by atoms with Crippen molar-refractivity contribution in [2.75, 3.05) is 5.32 Å². The Labute approximate surface area is 190 Å². The van der Waals surface area contributed by atoms with E-state index in [1.54, 1.807) is 24.7 Å². The third kappa shape index (κ3) is 5.55. The van der Waals surface area contributed by atoms with Gasteiger partial charge >= 0.3 is 6.18 Å². The molecule has 0 saturated heterocycles. The van der Waals surface area contributed by atoms with Crippen LogP contribution in [0.5, 0.6) is 0 Å². The van der Waals surface area contributed by atoms with Gasteiger partial charge in [-0.1, -0.05) is 6.92 Å². The van der Waals surface area contributed by atoms with Crippen LogP contribution in [-0.2, 0) is 6.18 Å². The average Bonchev–Trinajstić information content (AvgIpc) is 3.28. The number of Topliss-reactive ketones (excluding diaryl/α,β-unsaturated/α-hetero) is 1. The number of nitrogens with one attached hydrogen (secondary N) is 1. The van der Waals surface area contributed by atoms with Gasteiger partial charge in [0.15, 0.2) is 10.9 Å². The van der Waals surface area contributed by atoms with Crippen molar-refractivity contribution in [3.63, 3.8) is 0 Å².